The molecule has 1 aliphatic carbocycles. The normalized spacial score (nSPS) is 15.4. The van der Waals surface area contributed by atoms with Crippen molar-refractivity contribution in [1.82, 2.24) is 0 Å². The zero-order valence-corrected chi connectivity index (χ0v) is 21.4. The van der Waals surface area contributed by atoms with Crippen LogP contribution >= 0.6 is 11.8 Å². The summed E-state index contributed by atoms with van der Waals surface area (Å²) in [5, 5.41) is 0. The molecule has 0 spiro atoms. The molecule has 0 fully saturated rings. The second-order valence-corrected chi connectivity index (χ2v) is 9.56. The fraction of sp³-hybridized carbons (Fsp3) is 0.194. The van der Waals surface area contributed by atoms with Crippen molar-refractivity contribution in [1.29, 1.82) is 0 Å². The Hall–Kier alpha value is -3.10. The molecule has 0 amide bonds. The van der Waals surface area contributed by atoms with Crippen molar-refractivity contribution in [2.45, 2.75) is 44.9 Å². The summed E-state index contributed by atoms with van der Waals surface area (Å²) in [6.45, 7) is 22.2. The largest absolute Gasteiger partial charge is 0.272 e. The molecular weight excluding hydrogens is 418 g/mol. The molecule has 0 saturated heterocycles. The highest BCUT2D eigenvalue weighted by molar-refractivity contribution is 8.03. The Kier molecular flexibility index (Phi) is 9.69. The lowest BCUT2D eigenvalue weighted by molar-refractivity contribution is 0.652. The van der Waals surface area contributed by atoms with Gasteiger partial charge in [-0.25, -0.2) is 0 Å². The van der Waals surface area contributed by atoms with Crippen molar-refractivity contribution in [3.8, 4) is 0 Å². The molecule has 33 heavy (non-hydrogen) atoms. The third kappa shape index (κ3) is 6.24. The molecule has 1 aliphatic rings. The molecule has 1 aromatic carbocycles. The van der Waals surface area contributed by atoms with Gasteiger partial charge in [0.2, 0.25) is 0 Å². The molecule has 170 valence electrons. The van der Waals surface area contributed by atoms with E-state index in [9.17, 15) is 0 Å². The van der Waals surface area contributed by atoms with E-state index in [4.69, 9.17) is 0 Å². The van der Waals surface area contributed by atoms with E-state index in [1.165, 1.54) is 43.2 Å². The first-order valence-electron chi connectivity index (χ1n) is 11.1. The van der Waals surface area contributed by atoms with E-state index >= 15 is 0 Å². The van der Waals surface area contributed by atoms with Gasteiger partial charge >= 0.3 is 0 Å². The maximum Gasteiger partial charge on any atom is 0.0266 e. The molecule has 0 saturated carbocycles. The zero-order valence-electron chi connectivity index (χ0n) is 20.6. The fourth-order valence-corrected chi connectivity index (χ4v) is 4.93. The van der Waals surface area contributed by atoms with Crippen LogP contribution in [0.2, 0.25) is 0 Å². The highest BCUT2D eigenvalue weighted by atomic mass is 32.2. The highest BCUT2D eigenvalue weighted by Gasteiger charge is 2.37. The van der Waals surface area contributed by atoms with E-state index < -0.39 is 0 Å². The number of nitrogens with zero attached hydrogens (tertiary/aromatic N) is 1. The molecule has 1 aromatic rings. The first kappa shape index (κ1) is 26.2. The van der Waals surface area contributed by atoms with Gasteiger partial charge in [-0.1, -0.05) is 111 Å². The van der Waals surface area contributed by atoms with Crippen LogP contribution in [0.3, 0.4) is 0 Å². The number of benzene rings is 1. The van der Waals surface area contributed by atoms with Crippen LogP contribution in [0.5, 0.6) is 0 Å². The summed E-state index contributed by atoms with van der Waals surface area (Å²) < 4.78 is 0. The summed E-state index contributed by atoms with van der Waals surface area (Å²) in [6.07, 6.45) is 23.8. The average Bonchev–Trinajstić information content (AvgIpc) is 2.99. The van der Waals surface area contributed by atoms with Gasteiger partial charge in [0.15, 0.2) is 0 Å². The monoisotopic (exact) mass is 453 g/mol. The maximum atomic E-state index is 4.01. The number of rotatable bonds is 10. The number of allylic oxidation sites excluding steroid dienone is 14. The van der Waals surface area contributed by atoms with Gasteiger partial charge in [-0.15, -0.1) is 0 Å². The molecule has 2 rings (SSSR count). The minimum absolute atomic E-state index is 0.136. The van der Waals surface area contributed by atoms with E-state index in [1.807, 2.05) is 48.2 Å². The number of thioether (sulfide) groups is 1. The van der Waals surface area contributed by atoms with Gasteiger partial charge in [0.05, 0.1) is 0 Å². The molecular formula is C31H35NS. The predicted octanol–water partition coefficient (Wildman–Crippen LogP) is 9.24. The summed E-state index contributed by atoms with van der Waals surface area (Å²) in [7, 11) is 0. The van der Waals surface area contributed by atoms with Crippen molar-refractivity contribution in [2.75, 3.05) is 0 Å². The molecule has 0 aliphatic heterocycles. The van der Waals surface area contributed by atoms with Crippen LogP contribution < -0.4 is 0 Å². The number of fused-ring (bicyclic) bond motifs is 1. The van der Waals surface area contributed by atoms with Gasteiger partial charge in [-0.3, -0.25) is 4.99 Å². The van der Waals surface area contributed by atoms with Gasteiger partial charge in [0, 0.05) is 27.0 Å². The molecule has 2 heteroatoms. The lowest BCUT2D eigenvalue weighted by Crippen LogP contribution is -2.16. The molecule has 0 heterocycles. The number of hydrogen-bond acceptors (Lipinski definition) is 2. The van der Waals surface area contributed by atoms with Crippen LogP contribution in [0.4, 0.5) is 0 Å². The third-order valence-electron chi connectivity index (χ3n) is 5.54. The quantitative estimate of drug-likeness (QED) is 0.195. The summed E-state index contributed by atoms with van der Waals surface area (Å²) in [6, 6.07) is 4.51. The summed E-state index contributed by atoms with van der Waals surface area (Å²) in [5.74, 6) is 0. The van der Waals surface area contributed by atoms with Crippen molar-refractivity contribution in [3.05, 3.63) is 131 Å². The van der Waals surface area contributed by atoms with Gasteiger partial charge in [0.25, 0.3) is 0 Å². The number of aliphatic imine (C=N–C) groups is 1. The highest BCUT2D eigenvalue weighted by Crippen LogP contribution is 2.52. The van der Waals surface area contributed by atoms with Crippen molar-refractivity contribution in [2.24, 2.45) is 4.99 Å². The molecule has 0 aromatic heterocycles. The van der Waals surface area contributed by atoms with E-state index in [-0.39, 0.29) is 5.41 Å². The zero-order chi connectivity index (χ0) is 24.4. The van der Waals surface area contributed by atoms with Crippen LogP contribution in [-0.2, 0) is 5.41 Å². The Bertz CT molecular complexity index is 1120. The molecule has 1 nitrogen and oxygen atoms in total. The summed E-state index contributed by atoms with van der Waals surface area (Å²) >= 11 is 1.82. The molecule has 0 radical (unpaired) electrons. The fourth-order valence-electron chi connectivity index (χ4n) is 3.81. The first-order valence-corrected chi connectivity index (χ1v) is 11.9. The molecule has 0 bridgehead atoms. The standard InChI is InChI=1S/C31H35NS/c1-9-11-13-14-15-16-17-26-25(21-22-32-8)29-27(31(26,6)7)20-19-24(5)30(29)33-28(23(3)4)18-12-10-2/h9-22H,1-2,8H2,3-7H3/b13-11-,15-14+,17-16+,18-12-,22-21-. The second kappa shape index (κ2) is 12.2. The first-order chi connectivity index (χ1) is 15.8. The Balaban J connectivity index is 2.73. The van der Waals surface area contributed by atoms with Crippen molar-refractivity contribution < 1.29 is 0 Å². The lowest BCUT2D eigenvalue weighted by atomic mass is 9.81. The Morgan fingerprint density at radius 3 is 2.24 bits per heavy atom. The minimum atomic E-state index is -0.136. The van der Waals surface area contributed by atoms with E-state index in [2.05, 4.69) is 95.9 Å². The van der Waals surface area contributed by atoms with Crippen LogP contribution in [-0.4, -0.2) is 6.72 Å². The number of aryl methyl sites for hydroxylation is 1. The Morgan fingerprint density at radius 2 is 1.61 bits per heavy atom. The Labute approximate surface area is 204 Å². The van der Waals surface area contributed by atoms with Gasteiger partial charge in [-0.2, -0.15) is 0 Å². The third-order valence-corrected chi connectivity index (χ3v) is 7.03. The molecule has 0 atom stereocenters. The van der Waals surface area contributed by atoms with Crippen molar-refractivity contribution >= 4 is 24.1 Å². The second-order valence-electron chi connectivity index (χ2n) is 8.51. The van der Waals surface area contributed by atoms with Crippen LogP contribution in [0.1, 0.15) is 44.4 Å². The predicted molar refractivity (Wildman–Crippen MR) is 151 cm³/mol. The van der Waals surface area contributed by atoms with E-state index in [0.29, 0.717) is 0 Å². The number of hydrogen-bond donors (Lipinski definition) is 0. The molecule has 0 N–H and O–H groups in total. The summed E-state index contributed by atoms with van der Waals surface area (Å²) in [5.41, 5.74) is 7.48. The van der Waals surface area contributed by atoms with Crippen molar-refractivity contribution in [3.63, 3.8) is 0 Å². The Morgan fingerprint density at radius 1 is 0.939 bits per heavy atom. The van der Waals surface area contributed by atoms with E-state index in [1.54, 1.807) is 12.3 Å². The SMILES string of the molecule is C=C\C=C/C=C/C=C/C1=C(/C=C\N=C)c2c(ccc(C)c2SC(/C=C\C=C)=C(C)C)C1(C)C. The van der Waals surface area contributed by atoms with Crippen LogP contribution in [0, 0.1) is 6.92 Å². The topological polar surface area (TPSA) is 12.4 Å². The summed E-state index contributed by atoms with van der Waals surface area (Å²) in [4.78, 5) is 6.52. The lowest BCUT2D eigenvalue weighted by Gasteiger charge is -2.23. The molecule has 0 unspecified atom stereocenters. The smallest absolute Gasteiger partial charge is 0.0266 e. The van der Waals surface area contributed by atoms with Gasteiger partial charge in [0.1, 0.15) is 0 Å². The van der Waals surface area contributed by atoms with Crippen LogP contribution in [0.15, 0.2) is 124 Å². The van der Waals surface area contributed by atoms with E-state index in [0.717, 1.165) is 0 Å². The van der Waals surface area contributed by atoms with Gasteiger partial charge in [-0.05, 0) is 61.9 Å². The van der Waals surface area contributed by atoms with Crippen LogP contribution in [0.25, 0.3) is 5.57 Å². The maximum absolute atomic E-state index is 4.01. The minimum Gasteiger partial charge on any atom is -0.272 e. The average molecular weight is 454 g/mol. The van der Waals surface area contributed by atoms with Gasteiger partial charge < -0.3 is 0 Å².